The number of hydrogen-bond donors (Lipinski definition) is 3. The summed E-state index contributed by atoms with van der Waals surface area (Å²) in [7, 11) is -3.57. The SMILES string of the molecule is Cn1nnnc1SCC(=O)OCC1C(NC(=O)/C(=N\OC(C)(CC=O)OC(c2ccccc2)c2ccccc2)c2csc(N)n2)C(=O)N1S(=O)(=O)O. The van der Waals surface area contributed by atoms with Gasteiger partial charge in [-0.2, -0.15) is 8.42 Å². The van der Waals surface area contributed by atoms with Gasteiger partial charge in [-0.25, -0.2) is 14.0 Å². The van der Waals surface area contributed by atoms with E-state index in [-0.39, 0.29) is 27.3 Å². The number of nitrogens with one attached hydrogen (secondary N) is 1. The topological polar surface area (TPSA) is 260 Å². The number of aldehydes is 1. The average molecular weight is 774 g/mol. The van der Waals surface area contributed by atoms with E-state index >= 15 is 0 Å². The van der Waals surface area contributed by atoms with E-state index in [4.69, 9.17) is 20.0 Å². The molecule has 0 saturated carbocycles. The number of carbonyl (C=O) groups is 4. The van der Waals surface area contributed by atoms with Crippen LogP contribution in [0.2, 0.25) is 0 Å². The molecule has 1 aliphatic rings. The van der Waals surface area contributed by atoms with Crippen LogP contribution in [0.5, 0.6) is 0 Å². The van der Waals surface area contributed by atoms with E-state index in [1.165, 1.54) is 17.0 Å². The number of amides is 2. The Morgan fingerprint density at radius 1 is 1.17 bits per heavy atom. The highest BCUT2D eigenvalue weighted by Gasteiger charge is 2.55. The summed E-state index contributed by atoms with van der Waals surface area (Å²) in [6, 6.07) is 15.1. The van der Waals surface area contributed by atoms with Crippen LogP contribution < -0.4 is 11.1 Å². The van der Waals surface area contributed by atoms with Gasteiger partial charge in [0.25, 0.3) is 11.8 Å². The van der Waals surface area contributed by atoms with Crippen molar-refractivity contribution >= 4 is 68.3 Å². The zero-order chi connectivity index (χ0) is 37.5. The standard InChI is InChI=1S/C30H31N9O10S3/c1-30(13-14-40,48-25(18-9-5-3-6-10-18)19-11-7-4-8-12-19)49-35-23(20-16-50-28(31)32-20)26(42)33-24-21(39(27(24)43)52(44,45)46)15-47-22(41)17-51-29-34-36-37-38(29)2/h3-12,14,16,21,24-25H,13,15,17H2,1-2H3,(H2,31,32)(H,33,42)(H,44,45,46)/b35-23-. The van der Waals surface area contributed by atoms with E-state index in [9.17, 15) is 32.1 Å². The molecule has 4 N–H and O–H groups in total. The molecule has 274 valence electrons. The molecule has 2 aromatic carbocycles. The Morgan fingerprint density at radius 2 is 1.83 bits per heavy atom. The van der Waals surface area contributed by atoms with E-state index in [1.807, 2.05) is 60.7 Å². The number of hydrogen-bond acceptors (Lipinski definition) is 17. The van der Waals surface area contributed by atoms with Gasteiger partial charge in [0.2, 0.25) is 10.9 Å². The van der Waals surface area contributed by atoms with Crippen LogP contribution in [0.15, 0.2) is 76.4 Å². The first-order valence-corrected chi connectivity index (χ1v) is 18.4. The number of benzene rings is 2. The van der Waals surface area contributed by atoms with Crippen LogP contribution in [-0.2, 0) is 50.8 Å². The van der Waals surface area contributed by atoms with Crippen LogP contribution >= 0.6 is 23.1 Å². The summed E-state index contributed by atoms with van der Waals surface area (Å²) in [6.07, 6.45) is -0.536. The number of thioether (sulfide) groups is 1. The number of β-lactam (4-membered cyclic amide) rings is 1. The van der Waals surface area contributed by atoms with Crippen LogP contribution in [0, 0.1) is 0 Å². The molecule has 1 fully saturated rings. The zero-order valence-corrected chi connectivity index (χ0v) is 29.8. The van der Waals surface area contributed by atoms with Crippen LogP contribution in [-0.4, -0.2) is 102 Å². The maximum absolute atomic E-state index is 13.7. The van der Waals surface area contributed by atoms with Gasteiger partial charge in [-0.05, 0) is 21.6 Å². The van der Waals surface area contributed by atoms with Gasteiger partial charge >= 0.3 is 16.3 Å². The lowest BCUT2D eigenvalue weighted by Gasteiger charge is -2.43. The molecule has 0 radical (unpaired) electrons. The molecule has 0 aliphatic carbocycles. The number of nitrogens with zero attached hydrogens (tertiary/aromatic N) is 7. The van der Waals surface area contributed by atoms with E-state index in [2.05, 4.69) is 31.0 Å². The van der Waals surface area contributed by atoms with Crippen molar-refractivity contribution in [3.63, 3.8) is 0 Å². The molecule has 1 aliphatic heterocycles. The number of carbonyl (C=O) groups excluding carboxylic acids is 4. The van der Waals surface area contributed by atoms with Gasteiger partial charge in [-0.1, -0.05) is 77.6 Å². The number of nitrogen functional groups attached to an aromatic ring is 1. The average Bonchev–Trinajstić information content (AvgIpc) is 3.74. The predicted octanol–water partition coefficient (Wildman–Crippen LogP) is 0.915. The number of oxime groups is 1. The van der Waals surface area contributed by atoms with E-state index in [0.717, 1.165) is 34.2 Å². The lowest BCUT2D eigenvalue weighted by atomic mass is 9.99. The number of aryl methyl sites for hydroxylation is 1. The van der Waals surface area contributed by atoms with Gasteiger partial charge in [-0.3, -0.25) is 18.9 Å². The Balaban J connectivity index is 1.37. The molecule has 0 bridgehead atoms. The number of nitrogens with two attached hydrogens (primary N) is 1. The van der Waals surface area contributed by atoms with Gasteiger partial charge in [-0.15, -0.1) is 16.4 Å². The number of rotatable bonds is 17. The number of esters is 1. The van der Waals surface area contributed by atoms with Gasteiger partial charge in [0.05, 0.1) is 12.2 Å². The minimum absolute atomic E-state index is 0.0488. The normalized spacial score (nSPS) is 17.3. The van der Waals surface area contributed by atoms with Crippen LogP contribution in [0.4, 0.5) is 5.13 Å². The maximum atomic E-state index is 13.7. The molecule has 3 heterocycles. The lowest BCUT2D eigenvalue weighted by molar-refractivity contribution is -0.243. The van der Waals surface area contributed by atoms with Crippen LogP contribution in [0.3, 0.4) is 0 Å². The highest BCUT2D eigenvalue weighted by Crippen LogP contribution is 2.33. The minimum Gasteiger partial charge on any atom is -0.463 e. The molecule has 0 spiro atoms. The lowest BCUT2D eigenvalue weighted by Crippen LogP contribution is -2.73. The monoisotopic (exact) mass is 773 g/mol. The summed E-state index contributed by atoms with van der Waals surface area (Å²) in [6.45, 7) is 0.711. The number of ether oxygens (including phenoxy) is 2. The van der Waals surface area contributed by atoms with Crippen molar-refractivity contribution in [1.29, 1.82) is 0 Å². The minimum atomic E-state index is -5.12. The number of aromatic nitrogens is 5. The molecular weight excluding hydrogens is 743 g/mol. The Kier molecular flexibility index (Phi) is 11.9. The molecule has 22 heteroatoms. The van der Waals surface area contributed by atoms with Crippen molar-refractivity contribution in [2.75, 3.05) is 18.1 Å². The first-order valence-electron chi connectivity index (χ1n) is 15.1. The van der Waals surface area contributed by atoms with Gasteiger partial charge < -0.3 is 30.2 Å². The Hall–Kier alpha value is -5.29. The molecule has 5 rings (SSSR count). The Labute approximate surface area is 304 Å². The largest absolute Gasteiger partial charge is 0.463 e. The molecule has 52 heavy (non-hydrogen) atoms. The van der Waals surface area contributed by atoms with Gasteiger partial charge in [0.1, 0.15) is 36.8 Å². The summed E-state index contributed by atoms with van der Waals surface area (Å²) < 4.78 is 46.7. The van der Waals surface area contributed by atoms with Gasteiger partial charge in [0.15, 0.2) is 10.8 Å². The van der Waals surface area contributed by atoms with Crippen molar-refractivity contribution in [2.45, 2.75) is 42.5 Å². The molecule has 19 nitrogen and oxygen atoms in total. The highest BCUT2D eigenvalue weighted by atomic mass is 32.2. The smallest absolute Gasteiger partial charge is 0.362 e. The Bertz CT molecular complexity index is 2010. The van der Waals surface area contributed by atoms with E-state index in [0.29, 0.717) is 11.4 Å². The fourth-order valence-electron chi connectivity index (χ4n) is 4.86. The first-order chi connectivity index (χ1) is 24.8. The summed E-state index contributed by atoms with van der Waals surface area (Å²) in [5, 5.41) is 18.9. The molecule has 3 unspecified atom stereocenters. The third-order valence-corrected chi connectivity index (χ3v) is 9.96. The quantitative estimate of drug-likeness (QED) is 0.0197. The van der Waals surface area contributed by atoms with E-state index in [1.54, 1.807) is 7.05 Å². The van der Waals surface area contributed by atoms with Crippen LogP contribution in [0.1, 0.15) is 36.3 Å². The summed E-state index contributed by atoms with van der Waals surface area (Å²) in [4.78, 5) is 60.8. The summed E-state index contributed by atoms with van der Waals surface area (Å²) in [5.74, 6) is -5.20. The Morgan fingerprint density at radius 3 is 2.37 bits per heavy atom. The number of tetrazole rings is 1. The maximum Gasteiger partial charge on any atom is 0.362 e. The second-order valence-electron chi connectivity index (χ2n) is 11.1. The number of anilines is 1. The second kappa shape index (κ2) is 16.4. The summed E-state index contributed by atoms with van der Waals surface area (Å²) >= 11 is 1.89. The third-order valence-electron chi connectivity index (χ3n) is 7.36. The van der Waals surface area contributed by atoms with Crippen molar-refractivity contribution in [1.82, 2.24) is 34.8 Å². The molecule has 4 aromatic rings. The molecule has 2 aromatic heterocycles. The zero-order valence-electron chi connectivity index (χ0n) is 27.3. The molecule has 2 amide bonds. The second-order valence-corrected chi connectivity index (χ2v) is 14.2. The van der Waals surface area contributed by atoms with Crippen molar-refractivity contribution in [2.24, 2.45) is 12.2 Å². The van der Waals surface area contributed by atoms with E-state index < -0.39 is 64.4 Å². The molecule has 3 atom stereocenters. The van der Waals surface area contributed by atoms with Crippen LogP contribution in [0.25, 0.3) is 0 Å². The van der Waals surface area contributed by atoms with Crippen molar-refractivity contribution in [3.8, 4) is 0 Å². The molecule has 1 saturated heterocycles. The molecular formula is C30H31N9O10S3. The van der Waals surface area contributed by atoms with Crippen molar-refractivity contribution < 1.29 is 46.5 Å². The number of thiazole rings is 1. The van der Waals surface area contributed by atoms with Crippen molar-refractivity contribution in [3.05, 3.63) is 82.9 Å². The summed E-state index contributed by atoms with van der Waals surface area (Å²) in [5.41, 5.74) is 6.66. The predicted molar refractivity (Wildman–Crippen MR) is 184 cm³/mol. The van der Waals surface area contributed by atoms with Gasteiger partial charge in [0, 0.05) is 19.4 Å². The third kappa shape index (κ3) is 9.13. The highest BCUT2D eigenvalue weighted by molar-refractivity contribution is 7.99. The first kappa shape index (κ1) is 38.0. The fraction of sp³-hybridized carbons (Fsp3) is 0.300. The fourth-order valence-corrected chi connectivity index (χ4v) is 6.92.